The maximum Gasteiger partial charge on any atom is 0.265 e. The summed E-state index contributed by atoms with van der Waals surface area (Å²) in [4.78, 5) is 26.3. The monoisotopic (exact) mass is 378 g/mol. The van der Waals surface area contributed by atoms with Gasteiger partial charge in [-0.2, -0.15) is 0 Å². The molecule has 0 saturated heterocycles. The van der Waals surface area contributed by atoms with Crippen LogP contribution in [0, 0.1) is 0 Å². The molecule has 5 nitrogen and oxygen atoms in total. The van der Waals surface area contributed by atoms with Gasteiger partial charge < -0.3 is 15.0 Å². The molecule has 2 aromatic rings. The number of carbonyl (C=O) groups is 2. The van der Waals surface area contributed by atoms with E-state index in [1.54, 1.807) is 41.3 Å². The third-order valence-electron chi connectivity index (χ3n) is 3.87. The van der Waals surface area contributed by atoms with Crippen molar-refractivity contribution < 1.29 is 14.3 Å². The van der Waals surface area contributed by atoms with Crippen molar-refractivity contribution in [3.05, 3.63) is 52.5 Å². The van der Waals surface area contributed by atoms with Gasteiger partial charge in [-0.05, 0) is 31.2 Å². The zero-order valence-corrected chi connectivity index (χ0v) is 15.0. The van der Waals surface area contributed by atoms with E-state index in [1.165, 1.54) is 0 Å². The topological polar surface area (TPSA) is 58.6 Å². The first-order chi connectivity index (χ1) is 12.0. The lowest BCUT2D eigenvalue weighted by Crippen LogP contribution is -2.41. The van der Waals surface area contributed by atoms with Gasteiger partial charge in [0.1, 0.15) is 5.75 Å². The highest BCUT2D eigenvalue weighted by atomic mass is 35.5. The molecule has 3 rings (SSSR count). The van der Waals surface area contributed by atoms with E-state index >= 15 is 0 Å². The highest BCUT2D eigenvalue weighted by Gasteiger charge is 2.29. The van der Waals surface area contributed by atoms with Crippen LogP contribution in [0.25, 0.3) is 0 Å². The Kier molecular flexibility index (Phi) is 5.16. The van der Waals surface area contributed by atoms with E-state index in [2.05, 4.69) is 5.32 Å². The van der Waals surface area contributed by atoms with Gasteiger partial charge in [-0.1, -0.05) is 35.3 Å². The number of anilines is 2. The lowest BCUT2D eigenvalue weighted by molar-refractivity contribution is -0.121. The second kappa shape index (κ2) is 7.33. The molecule has 2 amide bonds. The van der Waals surface area contributed by atoms with E-state index in [4.69, 9.17) is 27.9 Å². The predicted octanol–water partition coefficient (Wildman–Crippen LogP) is 4.14. The van der Waals surface area contributed by atoms with Crippen LogP contribution in [0.15, 0.2) is 42.5 Å². The van der Waals surface area contributed by atoms with E-state index < -0.39 is 0 Å². The molecule has 1 aliphatic heterocycles. The van der Waals surface area contributed by atoms with Crippen LogP contribution in [0.5, 0.6) is 5.75 Å². The molecule has 1 aliphatic rings. The summed E-state index contributed by atoms with van der Waals surface area (Å²) in [6.07, 6.45) is 0.207. The lowest BCUT2D eigenvalue weighted by atomic mass is 10.1. The van der Waals surface area contributed by atoms with Crippen LogP contribution in [-0.2, 0) is 9.59 Å². The minimum atomic E-state index is -0.297. The van der Waals surface area contributed by atoms with E-state index in [9.17, 15) is 9.59 Å². The van der Waals surface area contributed by atoms with Gasteiger partial charge in [-0.25, -0.2) is 0 Å². The van der Waals surface area contributed by atoms with E-state index in [0.29, 0.717) is 27.2 Å². The van der Waals surface area contributed by atoms with Gasteiger partial charge in [0.05, 0.1) is 16.4 Å². The first-order valence-corrected chi connectivity index (χ1v) is 8.50. The number of rotatable bonds is 3. The van der Waals surface area contributed by atoms with E-state index in [-0.39, 0.29) is 30.9 Å². The van der Waals surface area contributed by atoms with Crippen LogP contribution in [0.4, 0.5) is 11.4 Å². The standard InChI is InChI=1S/C18H16Cl2N2O3/c1-11-8-17(23)21-14-4-2-3-5-15(14)22(11)18(24)10-25-16-9-12(19)6-7-13(16)20/h2-7,9,11H,8,10H2,1H3,(H,21,23)/t11-/m0/s1. The number of hydrogen-bond donors (Lipinski definition) is 1. The highest BCUT2D eigenvalue weighted by Crippen LogP contribution is 2.32. The Morgan fingerprint density at radius 3 is 2.84 bits per heavy atom. The SMILES string of the molecule is C[C@H]1CC(=O)Nc2ccccc2N1C(=O)COc1cc(Cl)ccc1Cl. The largest absolute Gasteiger partial charge is 0.482 e. The Morgan fingerprint density at radius 2 is 2.04 bits per heavy atom. The van der Waals surface area contributed by atoms with Crippen molar-refractivity contribution in [1.82, 2.24) is 0 Å². The van der Waals surface area contributed by atoms with Crippen LogP contribution in [0.3, 0.4) is 0 Å². The second-order valence-electron chi connectivity index (χ2n) is 5.75. The fraction of sp³-hybridized carbons (Fsp3) is 0.222. The van der Waals surface area contributed by atoms with Crippen molar-refractivity contribution >= 4 is 46.4 Å². The quantitative estimate of drug-likeness (QED) is 0.872. The number of ether oxygens (including phenoxy) is 1. The number of para-hydroxylation sites is 2. The predicted molar refractivity (Wildman–Crippen MR) is 98.6 cm³/mol. The van der Waals surface area contributed by atoms with E-state index in [1.807, 2.05) is 13.0 Å². The molecule has 1 heterocycles. The summed E-state index contributed by atoms with van der Waals surface area (Å²) >= 11 is 12.0. The minimum Gasteiger partial charge on any atom is -0.482 e. The van der Waals surface area contributed by atoms with Crippen molar-refractivity contribution in [1.29, 1.82) is 0 Å². The van der Waals surface area contributed by atoms with Crippen molar-refractivity contribution in [2.45, 2.75) is 19.4 Å². The van der Waals surface area contributed by atoms with Crippen LogP contribution in [0.1, 0.15) is 13.3 Å². The fourth-order valence-corrected chi connectivity index (χ4v) is 3.10. The lowest BCUT2D eigenvalue weighted by Gasteiger charge is -2.27. The molecule has 0 radical (unpaired) electrons. The molecular weight excluding hydrogens is 363 g/mol. The molecule has 0 saturated carbocycles. The van der Waals surface area contributed by atoms with Crippen molar-refractivity contribution in [2.24, 2.45) is 0 Å². The Hall–Kier alpha value is -2.24. The summed E-state index contributed by atoms with van der Waals surface area (Å²) < 4.78 is 5.55. The minimum absolute atomic E-state index is 0.131. The molecule has 7 heteroatoms. The molecule has 0 fully saturated rings. The third-order valence-corrected chi connectivity index (χ3v) is 4.42. The van der Waals surface area contributed by atoms with Crippen molar-refractivity contribution in [3.63, 3.8) is 0 Å². The summed E-state index contributed by atoms with van der Waals surface area (Å²) in [6.45, 7) is 1.61. The normalized spacial score (nSPS) is 16.7. The van der Waals surface area contributed by atoms with Gasteiger partial charge in [0, 0.05) is 23.6 Å². The molecule has 0 bridgehead atoms. The number of nitrogens with one attached hydrogen (secondary N) is 1. The fourth-order valence-electron chi connectivity index (χ4n) is 2.76. The molecule has 1 atom stereocenters. The van der Waals surface area contributed by atoms with Crippen molar-refractivity contribution in [3.8, 4) is 5.75 Å². The van der Waals surface area contributed by atoms with Crippen LogP contribution in [-0.4, -0.2) is 24.5 Å². The zero-order valence-electron chi connectivity index (χ0n) is 13.5. The summed E-state index contributed by atoms with van der Waals surface area (Å²) in [5.41, 5.74) is 1.25. The number of benzene rings is 2. The molecule has 0 unspecified atom stereocenters. The van der Waals surface area contributed by atoms with E-state index in [0.717, 1.165) is 0 Å². The molecule has 0 spiro atoms. The van der Waals surface area contributed by atoms with Crippen LogP contribution < -0.4 is 15.0 Å². The molecule has 130 valence electrons. The summed E-state index contributed by atoms with van der Waals surface area (Å²) in [7, 11) is 0. The van der Waals surface area contributed by atoms with Crippen molar-refractivity contribution in [2.75, 3.05) is 16.8 Å². The van der Waals surface area contributed by atoms with Gasteiger partial charge in [0.25, 0.3) is 5.91 Å². The van der Waals surface area contributed by atoms with Gasteiger partial charge in [0.2, 0.25) is 5.91 Å². The third kappa shape index (κ3) is 3.89. The Labute approximate surface area is 155 Å². The Bertz CT molecular complexity index is 826. The summed E-state index contributed by atoms with van der Waals surface area (Å²) in [6, 6.07) is 11.7. The first-order valence-electron chi connectivity index (χ1n) is 7.74. The number of nitrogens with zero attached hydrogens (tertiary/aromatic N) is 1. The number of fused-ring (bicyclic) bond motifs is 1. The van der Waals surface area contributed by atoms with Crippen LogP contribution >= 0.6 is 23.2 Å². The molecule has 1 N–H and O–H groups in total. The van der Waals surface area contributed by atoms with Gasteiger partial charge in [0.15, 0.2) is 6.61 Å². The Balaban J connectivity index is 1.83. The molecule has 0 aromatic heterocycles. The smallest absolute Gasteiger partial charge is 0.265 e. The van der Waals surface area contributed by atoms with Gasteiger partial charge >= 0.3 is 0 Å². The average Bonchev–Trinajstić information content (AvgIpc) is 2.69. The maximum absolute atomic E-state index is 12.8. The second-order valence-corrected chi connectivity index (χ2v) is 6.59. The van der Waals surface area contributed by atoms with Gasteiger partial charge in [-0.15, -0.1) is 0 Å². The number of hydrogen-bond acceptors (Lipinski definition) is 3. The maximum atomic E-state index is 12.8. The average molecular weight is 379 g/mol. The summed E-state index contributed by atoms with van der Waals surface area (Å²) in [5.74, 6) is -0.0611. The number of amides is 2. The molecular formula is C18H16Cl2N2O3. The van der Waals surface area contributed by atoms with Gasteiger partial charge in [-0.3, -0.25) is 9.59 Å². The Morgan fingerprint density at radius 1 is 1.28 bits per heavy atom. The molecule has 25 heavy (non-hydrogen) atoms. The molecule has 0 aliphatic carbocycles. The van der Waals surface area contributed by atoms with Crippen LogP contribution in [0.2, 0.25) is 10.0 Å². The highest BCUT2D eigenvalue weighted by molar-refractivity contribution is 6.34. The number of carbonyl (C=O) groups excluding carboxylic acids is 2. The zero-order chi connectivity index (χ0) is 18.0. The number of halogens is 2. The first kappa shape index (κ1) is 17.6. The molecule has 2 aromatic carbocycles. The summed E-state index contributed by atoms with van der Waals surface area (Å²) in [5, 5.41) is 3.66.